The fourth-order valence-corrected chi connectivity index (χ4v) is 4.07. The van der Waals surface area contributed by atoms with E-state index < -0.39 is 0 Å². The number of guanidine groups is 1. The number of anilines is 1. The first-order chi connectivity index (χ1) is 16.2. The van der Waals surface area contributed by atoms with Crippen molar-refractivity contribution < 1.29 is 9.26 Å². The van der Waals surface area contributed by atoms with Gasteiger partial charge in [0.1, 0.15) is 5.75 Å². The molecule has 1 atom stereocenters. The molecule has 8 heteroatoms. The zero-order valence-electron chi connectivity index (χ0n) is 19.5. The fraction of sp³-hybridized carbons (Fsp3) is 0.400. The third-order valence-electron chi connectivity index (χ3n) is 5.75. The average molecular weight is 449 g/mol. The number of rotatable bonds is 8. The van der Waals surface area contributed by atoms with Gasteiger partial charge in [0.25, 0.3) is 5.89 Å². The Labute approximate surface area is 195 Å². The standard InChI is InChI=1S/C25H32N6O2/c1-4-8-23-29-24(33-30-23)19-10-7-9-18(15-19)16-27-25(26-2)28-20-13-14-31(17-20)21-11-5-6-12-22(21)32-3/h5-7,9-12,15,20H,4,8,13-14,16-17H2,1-3H3,(H2,26,27,28). The van der Waals surface area contributed by atoms with Crippen molar-refractivity contribution in [2.75, 3.05) is 32.1 Å². The van der Waals surface area contributed by atoms with Gasteiger partial charge in [0.2, 0.25) is 0 Å². The van der Waals surface area contributed by atoms with Crippen LogP contribution in [0.15, 0.2) is 58.0 Å². The van der Waals surface area contributed by atoms with Crippen LogP contribution >= 0.6 is 0 Å². The van der Waals surface area contributed by atoms with Crippen molar-refractivity contribution >= 4 is 11.6 Å². The zero-order valence-corrected chi connectivity index (χ0v) is 19.5. The number of aliphatic imine (C=N–C) groups is 1. The van der Waals surface area contributed by atoms with Gasteiger partial charge in [-0.05, 0) is 42.7 Å². The van der Waals surface area contributed by atoms with Crippen LogP contribution in [0.1, 0.15) is 31.2 Å². The molecule has 3 aromatic rings. The van der Waals surface area contributed by atoms with Crippen molar-refractivity contribution in [3.8, 4) is 17.2 Å². The van der Waals surface area contributed by atoms with Gasteiger partial charge in [-0.2, -0.15) is 4.98 Å². The monoisotopic (exact) mass is 448 g/mol. The van der Waals surface area contributed by atoms with Crippen molar-refractivity contribution in [1.82, 2.24) is 20.8 Å². The first-order valence-corrected chi connectivity index (χ1v) is 11.5. The van der Waals surface area contributed by atoms with E-state index in [1.165, 1.54) is 0 Å². The van der Waals surface area contributed by atoms with Crippen LogP contribution < -0.4 is 20.3 Å². The molecule has 0 bridgehead atoms. The molecule has 1 saturated heterocycles. The lowest BCUT2D eigenvalue weighted by Gasteiger charge is -2.22. The predicted molar refractivity (Wildman–Crippen MR) is 131 cm³/mol. The van der Waals surface area contributed by atoms with Crippen LogP contribution in [-0.4, -0.2) is 49.4 Å². The van der Waals surface area contributed by atoms with Crippen molar-refractivity contribution in [3.63, 3.8) is 0 Å². The third kappa shape index (κ3) is 5.63. The third-order valence-corrected chi connectivity index (χ3v) is 5.75. The predicted octanol–water partition coefficient (Wildman–Crippen LogP) is 3.64. The molecule has 0 spiro atoms. The molecular weight excluding hydrogens is 416 g/mol. The Hall–Kier alpha value is -3.55. The summed E-state index contributed by atoms with van der Waals surface area (Å²) in [7, 11) is 3.51. The van der Waals surface area contributed by atoms with Crippen LogP contribution in [0.4, 0.5) is 5.69 Å². The summed E-state index contributed by atoms with van der Waals surface area (Å²) in [4.78, 5) is 11.3. The molecule has 33 heavy (non-hydrogen) atoms. The first kappa shape index (κ1) is 22.6. The van der Waals surface area contributed by atoms with Crippen molar-refractivity contribution in [3.05, 3.63) is 59.9 Å². The Balaban J connectivity index is 1.33. The molecule has 8 nitrogen and oxygen atoms in total. The van der Waals surface area contributed by atoms with Gasteiger partial charge >= 0.3 is 0 Å². The number of nitrogens with one attached hydrogen (secondary N) is 2. The SMILES string of the molecule is CCCc1noc(-c2cccc(CNC(=NC)NC3CCN(c4ccccc4OC)C3)c2)n1. The molecule has 0 radical (unpaired) electrons. The van der Waals surface area contributed by atoms with Crippen molar-refractivity contribution in [2.45, 2.75) is 38.8 Å². The van der Waals surface area contributed by atoms with Crippen LogP contribution in [0.2, 0.25) is 0 Å². The molecule has 0 aliphatic carbocycles. The highest BCUT2D eigenvalue weighted by atomic mass is 16.5. The van der Waals surface area contributed by atoms with Crippen molar-refractivity contribution in [2.24, 2.45) is 4.99 Å². The molecule has 174 valence electrons. The number of hydrogen-bond acceptors (Lipinski definition) is 6. The molecule has 4 rings (SSSR count). The summed E-state index contributed by atoms with van der Waals surface area (Å²) < 4.78 is 11.0. The maximum Gasteiger partial charge on any atom is 0.257 e. The van der Waals surface area contributed by atoms with E-state index in [2.05, 4.69) is 55.8 Å². The van der Waals surface area contributed by atoms with E-state index >= 15 is 0 Å². The molecule has 2 aromatic carbocycles. The molecule has 0 saturated carbocycles. The number of aromatic nitrogens is 2. The highest BCUT2D eigenvalue weighted by Gasteiger charge is 2.25. The van der Waals surface area contributed by atoms with Gasteiger partial charge in [-0.25, -0.2) is 0 Å². The molecule has 1 aliphatic heterocycles. The van der Waals surface area contributed by atoms with Gasteiger partial charge < -0.3 is 24.8 Å². The van der Waals surface area contributed by atoms with Gasteiger partial charge in [0.05, 0.1) is 12.8 Å². The second kappa shape index (κ2) is 10.8. The minimum absolute atomic E-state index is 0.308. The zero-order chi connectivity index (χ0) is 23.0. The fourth-order valence-electron chi connectivity index (χ4n) is 4.07. The highest BCUT2D eigenvalue weighted by Crippen LogP contribution is 2.30. The summed E-state index contributed by atoms with van der Waals surface area (Å²) in [5.41, 5.74) is 3.18. The second-order valence-electron chi connectivity index (χ2n) is 8.14. The summed E-state index contributed by atoms with van der Waals surface area (Å²) >= 11 is 0. The van der Waals surface area contributed by atoms with Crippen LogP contribution in [0, 0.1) is 0 Å². The Kier molecular flexibility index (Phi) is 7.44. The summed E-state index contributed by atoms with van der Waals surface area (Å²) in [6.07, 6.45) is 2.85. The number of hydrogen-bond donors (Lipinski definition) is 2. The Morgan fingerprint density at radius 2 is 2.12 bits per heavy atom. The highest BCUT2D eigenvalue weighted by molar-refractivity contribution is 5.80. The first-order valence-electron chi connectivity index (χ1n) is 11.5. The summed E-state index contributed by atoms with van der Waals surface area (Å²) in [5, 5.41) is 11.0. The minimum Gasteiger partial charge on any atom is -0.495 e. The van der Waals surface area contributed by atoms with E-state index in [1.54, 1.807) is 14.2 Å². The lowest BCUT2D eigenvalue weighted by molar-refractivity contribution is 0.415. The number of para-hydroxylation sites is 2. The van der Waals surface area contributed by atoms with Gasteiger partial charge in [0.15, 0.2) is 11.8 Å². The molecule has 2 N–H and O–H groups in total. The van der Waals surface area contributed by atoms with E-state index in [0.29, 0.717) is 18.5 Å². The number of nitrogens with zero attached hydrogens (tertiary/aromatic N) is 4. The molecule has 1 aliphatic rings. The topological polar surface area (TPSA) is 87.8 Å². The normalized spacial score (nSPS) is 16.2. The Morgan fingerprint density at radius 1 is 1.24 bits per heavy atom. The second-order valence-corrected chi connectivity index (χ2v) is 8.14. The van der Waals surface area contributed by atoms with Gasteiger partial charge in [-0.1, -0.05) is 36.3 Å². The molecule has 2 heterocycles. The Bertz CT molecular complexity index is 1080. The van der Waals surface area contributed by atoms with Gasteiger partial charge in [-0.3, -0.25) is 4.99 Å². The van der Waals surface area contributed by atoms with E-state index in [-0.39, 0.29) is 0 Å². The van der Waals surface area contributed by atoms with Gasteiger partial charge in [-0.15, -0.1) is 0 Å². The van der Waals surface area contributed by atoms with Crippen LogP contribution in [-0.2, 0) is 13.0 Å². The number of benzene rings is 2. The quantitative estimate of drug-likeness (QED) is 0.402. The lowest BCUT2D eigenvalue weighted by Crippen LogP contribution is -2.44. The van der Waals surface area contributed by atoms with E-state index in [0.717, 1.165) is 66.7 Å². The maximum atomic E-state index is 5.52. The van der Waals surface area contributed by atoms with Crippen molar-refractivity contribution in [1.29, 1.82) is 0 Å². The average Bonchev–Trinajstić information content (AvgIpc) is 3.52. The molecule has 1 unspecified atom stereocenters. The number of aryl methyl sites for hydroxylation is 1. The number of ether oxygens (including phenoxy) is 1. The summed E-state index contributed by atoms with van der Waals surface area (Å²) in [6.45, 7) is 4.62. The van der Waals surface area contributed by atoms with Crippen LogP contribution in [0.3, 0.4) is 0 Å². The van der Waals surface area contributed by atoms with E-state index in [9.17, 15) is 0 Å². The van der Waals surface area contributed by atoms with Gasteiger partial charge in [0, 0.05) is 44.7 Å². The molecule has 0 amide bonds. The number of methoxy groups -OCH3 is 1. The van der Waals surface area contributed by atoms with E-state index in [1.807, 2.05) is 30.3 Å². The Morgan fingerprint density at radius 3 is 2.94 bits per heavy atom. The van der Waals surface area contributed by atoms with Crippen LogP contribution in [0.5, 0.6) is 5.75 Å². The lowest BCUT2D eigenvalue weighted by atomic mass is 10.1. The summed E-state index contributed by atoms with van der Waals surface area (Å²) in [6, 6.07) is 16.6. The smallest absolute Gasteiger partial charge is 0.257 e. The molecule has 1 aromatic heterocycles. The van der Waals surface area contributed by atoms with E-state index in [4.69, 9.17) is 9.26 Å². The van der Waals surface area contributed by atoms with Crippen LogP contribution in [0.25, 0.3) is 11.5 Å². The maximum absolute atomic E-state index is 5.52. The molecular formula is C25H32N6O2. The minimum atomic E-state index is 0.308. The largest absolute Gasteiger partial charge is 0.495 e. The summed E-state index contributed by atoms with van der Waals surface area (Å²) in [5.74, 6) is 3.00. The molecule has 1 fully saturated rings.